The van der Waals surface area contributed by atoms with Gasteiger partial charge in [-0.25, -0.2) is 13.7 Å². The Labute approximate surface area is 348 Å². The highest BCUT2D eigenvalue weighted by molar-refractivity contribution is 7.47. The highest BCUT2D eigenvalue weighted by Gasteiger charge is 2.56. The maximum absolute atomic E-state index is 13.0. The molecule has 4 unspecified atom stereocenters. The molecule has 0 heterocycles. The lowest BCUT2D eigenvalue weighted by atomic mass is 9.85. The van der Waals surface area contributed by atoms with E-state index in [2.05, 4.69) is 16.0 Å². The number of aliphatic hydroxyl groups is 3. The summed E-state index contributed by atoms with van der Waals surface area (Å²) in [6.45, 7) is 1.38. The van der Waals surface area contributed by atoms with Gasteiger partial charge in [0.2, 0.25) is 0 Å². The number of nitrogens with two attached hydrogens (primary N) is 1. The van der Waals surface area contributed by atoms with Crippen LogP contribution < -0.4 is 5.73 Å². The van der Waals surface area contributed by atoms with Crippen molar-refractivity contribution in [2.75, 3.05) is 19.8 Å². The zero-order valence-corrected chi connectivity index (χ0v) is 37.1. The quantitative estimate of drug-likeness (QED) is 0.0228. The summed E-state index contributed by atoms with van der Waals surface area (Å²) in [4.78, 5) is 72.7. The number of hydrogen-bond donors (Lipinski definition) is 9. The van der Waals surface area contributed by atoms with Gasteiger partial charge in [-0.15, -0.1) is 0 Å². The van der Waals surface area contributed by atoms with Crippen molar-refractivity contribution in [2.24, 2.45) is 5.73 Å². The minimum absolute atomic E-state index is 0.00112. The second-order valence-electron chi connectivity index (χ2n) is 15.1. The normalized spacial score (nSPS) is 22.8. The third kappa shape index (κ3) is 27.7. The Balaban J connectivity index is 2.80. The van der Waals surface area contributed by atoms with Crippen molar-refractivity contribution in [3.8, 4) is 0 Å². The second-order valence-corrected chi connectivity index (χ2v) is 18.9. The molecular formula is C36H72NO19P3. The molecule has 0 aliphatic heterocycles. The van der Waals surface area contributed by atoms with Crippen LogP contribution in [0, 0.1) is 0 Å². The minimum atomic E-state index is -5.59. The first-order valence-electron chi connectivity index (χ1n) is 21.0. The van der Waals surface area contributed by atoms with Crippen LogP contribution in [0.5, 0.6) is 0 Å². The molecule has 1 saturated carbocycles. The highest BCUT2D eigenvalue weighted by Crippen LogP contribution is 2.51. The van der Waals surface area contributed by atoms with Crippen molar-refractivity contribution in [2.45, 2.75) is 197 Å². The van der Waals surface area contributed by atoms with E-state index >= 15 is 0 Å². The predicted octanol–water partition coefficient (Wildman–Crippen LogP) is 4.95. The Morgan fingerprint density at radius 2 is 0.915 bits per heavy atom. The number of unbranched alkanes of at least 4 members (excludes halogenated alkanes) is 19. The average molecular weight is 916 g/mol. The molecule has 0 radical (unpaired) electrons. The lowest BCUT2D eigenvalue weighted by molar-refractivity contribution is -0.213. The fourth-order valence-corrected chi connectivity index (χ4v) is 8.69. The number of phosphoric ester groups is 3. The van der Waals surface area contributed by atoms with E-state index in [0.717, 1.165) is 77.0 Å². The molecule has 23 heteroatoms. The Bertz CT molecular complexity index is 1290. The van der Waals surface area contributed by atoms with E-state index in [9.17, 15) is 63.1 Å². The number of phosphoric acid groups is 3. The Kier molecular flexibility index (Phi) is 29.5. The largest absolute Gasteiger partial charge is 0.472 e. The molecule has 0 spiro atoms. The van der Waals surface area contributed by atoms with Crippen LogP contribution in [0.4, 0.5) is 0 Å². The number of ether oxygens (including phenoxy) is 2. The van der Waals surface area contributed by atoms with Gasteiger partial charge in [0.05, 0.1) is 6.61 Å². The number of aliphatic hydroxyl groups excluding tert-OH is 3. The van der Waals surface area contributed by atoms with Crippen LogP contribution in [0.3, 0.4) is 0 Å². The molecule has 1 rings (SSSR count). The smallest absolute Gasteiger partial charge is 0.462 e. The van der Waals surface area contributed by atoms with Gasteiger partial charge < -0.3 is 55.0 Å². The molecule has 0 aromatic carbocycles. The third-order valence-corrected chi connectivity index (χ3v) is 11.8. The molecule has 0 saturated heterocycles. The van der Waals surface area contributed by atoms with Gasteiger partial charge >= 0.3 is 35.4 Å². The average Bonchev–Trinajstić information content (AvgIpc) is 3.15. The molecule has 20 nitrogen and oxygen atoms in total. The van der Waals surface area contributed by atoms with Crippen LogP contribution in [0.15, 0.2) is 0 Å². The van der Waals surface area contributed by atoms with Gasteiger partial charge in [0.25, 0.3) is 0 Å². The summed E-state index contributed by atoms with van der Waals surface area (Å²) < 4.78 is 65.1. The number of esters is 2. The van der Waals surface area contributed by atoms with Gasteiger partial charge in [-0.1, -0.05) is 122 Å². The van der Waals surface area contributed by atoms with Crippen LogP contribution in [0.2, 0.25) is 0 Å². The first-order chi connectivity index (χ1) is 27.8. The fourth-order valence-electron chi connectivity index (χ4n) is 6.59. The molecule has 0 aromatic heterocycles. The summed E-state index contributed by atoms with van der Waals surface area (Å²) in [6, 6.07) is 0. The standard InChI is InChI=1S/C36H72NO19P3/c1-2-3-4-5-6-7-8-9-10-11-15-18-21-24-30(39)53-28(26-51-29(38)23-20-17-14-12-13-16-19-22-25-37)27-52-59(49,50)56-34-31(40)32(41)35(54-57(43,44)45)36(33(34)42)55-58(46,47)48/h28,31-36,40-42H,2-27,37H2,1H3,(H,49,50)(H2,43,44,45)(H2,46,47,48)/t28-,31?,32+,33-,34?,35?,36-/m1/s1. The van der Waals surface area contributed by atoms with E-state index in [1.807, 2.05) is 0 Å². The third-order valence-electron chi connectivity index (χ3n) is 9.76. The first-order valence-corrected chi connectivity index (χ1v) is 25.6. The lowest BCUT2D eigenvalue weighted by Gasteiger charge is -2.44. The monoisotopic (exact) mass is 915 g/mol. The second kappa shape index (κ2) is 31.0. The van der Waals surface area contributed by atoms with E-state index < -0.39 is 91.3 Å². The van der Waals surface area contributed by atoms with E-state index in [4.69, 9.17) is 24.3 Å². The van der Waals surface area contributed by atoms with Crippen LogP contribution in [0.1, 0.15) is 155 Å². The van der Waals surface area contributed by atoms with Crippen LogP contribution in [-0.4, -0.2) is 114 Å². The van der Waals surface area contributed by atoms with E-state index in [-0.39, 0.29) is 12.8 Å². The summed E-state index contributed by atoms with van der Waals surface area (Å²) in [5.74, 6) is -1.31. The molecule has 8 atom stereocenters. The minimum Gasteiger partial charge on any atom is -0.462 e. The summed E-state index contributed by atoms with van der Waals surface area (Å²) >= 11 is 0. The van der Waals surface area contributed by atoms with Gasteiger partial charge in [-0.3, -0.25) is 27.7 Å². The number of hydrogen-bond acceptors (Lipinski definition) is 15. The fraction of sp³-hybridized carbons (Fsp3) is 0.944. The molecule has 0 amide bonds. The SMILES string of the molecule is CCCCCCCCCCCCCCCC(=O)O[C@H](COC(=O)CCCCCCCCCCN)COP(=O)(O)OC1C(O)[C@H](O)C(OP(=O)(O)O)[C@H](OP(=O)(O)O)[C@@H]1O. The van der Waals surface area contributed by atoms with Crippen LogP contribution >= 0.6 is 23.5 Å². The number of carbonyl (C=O) groups excluding carboxylic acids is 2. The molecule has 350 valence electrons. The van der Waals surface area contributed by atoms with Gasteiger partial charge in [0, 0.05) is 12.8 Å². The summed E-state index contributed by atoms with van der Waals surface area (Å²) in [6.07, 6.45) is 5.51. The molecule has 1 aliphatic rings. The van der Waals surface area contributed by atoms with Crippen molar-refractivity contribution < 1.29 is 90.6 Å². The number of carbonyl (C=O) groups is 2. The van der Waals surface area contributed by atoms with Crippen LogP contribution in [-0.2, 0) is 50.9 Å². The molecule has 10 N–H and O–H groups in total. The zero-order valence-electron chi connectivity index (χ0n) is 34.4. The van der Waals surface area contributed by atoms with Gasteiger partial charge in [-0.2, -0.15) is 0 Å². The maximum Gasteiger partial charge on any atom is 0.472 e. The number of rotatable bonds is 36. The topological polar surface area (TPSA) is 329 Å². The lowest BCUT2D eigenvalue weighted by Crippen LogP contribution is -2.65. The van der Waals surface area contributed by atoms with E-state index in [0.29, 0.717) is 19.4 Å². The summed E-state index contributed by atoms with van der Waals surface area (Å²) in [5.41, 5.74) is 5.51. The predicted molar refractivity (Wildman–Crippen MR) is 214 cm³/mol. The summed E-state index contributed by atoms with van der Waals surface area (Å²) in [7, 11) is -16.6. The molecule has 1 fully saturated rings. The Morgan fingerprint density at radius 3 is 1.36 bits per heavy atom. The van der Waals surface area contributed by atoms with Crippen molar-refractivity contribution in [1.29, 1.82) is 0 Å². The Morgan fingerprint density at radius 1 is 0.525 bits per heavy atom. The van der Waals surface area contributed by atoms with E-state index in [1.165, 1.54) is 44.9 Å². The summed E-state index contributed by atoms with van der Waals surface area (Å²) in [5, 5.41) is 31.7. The van der Waals surface area contributed by atoms with Crippen molar-refractivity contribution in [3.63, 3.8) is 0 Å². The van der Waals surface area contributed by atoms with Gasteiger partial charge in [-0.05, 0) is 25.8 Å². The molecule has 1 aliphatic carbocycles. The van der Waals surface area contributed by atoms with Crippen molar-refractivity contribution in [1.82, 2.24) is 0 Å². The zero-order chi connectivity index (χ0) is 44.3. The van der Waals surface area contributed by atoms with Gasteiger partial charge in [0.1, 0.15) is 43.2 Å². The first kappa shape index (κ1) is 56.1. The molecule has 0 bridgehead atoms. The van der Waals surface area contributed by atoms with Crippen molar-refractivity contribution >= 4 is 35.4 Å². The molecule has 59 heavy (non-hydrogen) atoms. The molecule has 0 aromatic rings. The molecular weight excluding hydrogens is 843 g/mol. The Hall–Kier alpha value is -0.890. The van der Waals surface area contributed by atoms with Gasteiger partial charge in [0.15, 0.2) is 6.10 Å². The highest BCUT2D eigenvalue weighted by atomic mass is 31.2. The van der Waals surface area contributed by atoms with Crippen LogP contribution in [0.25, 0.3) is 0 Å². The van der Waals surface area contributed by atoms with Crippen molar-refractivity contribution in [3.05, 3.63) is 0 Å². The van der Waals surface area contributed by atoms with E-state index in [1.54, 1.807) is 0 Å². The maximum atomic E-state index is 13.0.